The molecule has 20 heavy (non-hydrogen) atoms. The topological polar surface area (TPSA) is 78.4 Å². The van der Waals surface area contributed by atoms with Crippen LogP contribution in [0.2, 0.25) is 10.0 Å². The van der Waals surface area contributed by atoms with Gasteiger partial charge in [0.25, 0.3) is 0 Å². The molecule has 0 unspecified atom stereocenters. The molecule has 2 N–H and O–H groups in total. The SMILES string of the molecule is NCc1cccc(Cl)c1Oc1cc(Cl)ccc1[N+](=O)[O-]. The lowest BCUT2D eigenvalue weighted by atomic mass is 10.2. The Bertz CT molecular complexity index is 662. The van der Waals surface area contributed by atoms with Gasteiger partial charge in [-0.1, -0.05) is 35.3 Å². The van der Waals surface area contributed by atoms with Crippen molar-refractivity contribution >= 4 is 28.9 Å². The molecule has 0 radical (unpaired) electrons. The molecule has 0 amide bonds. The van der Waals surface area contributed by atoms with Crippen molar-refractivity contribution in [1.82, 2.24) is 0 Å². The van der Waals surface area contributed by atoms with Gasteiger partial charge in [-0.25, -0.2) is 0 Å². The molecule has 2 aromatic rings. The molecular weight excluding hydrogens is 303 g/mol. The Labute approximate surface area is 125 Å². The van der Waals surface area contributed by atoms with E-state index in [0.29, 0.717) is 21.4 Å². The summed E-state index contributed by atoms with van der Waals surface area (Å²) in [5.74, 6) is 0.312. The van der Waals surface area contributed by atoms with Crippen molar-refractivity contribution in [2.24, 2.45) is 5.73 Å². The summed E-state index contributed by atoms with van der Waals surface area (Å²) < 4.78 is 5.57. The number of ether oxygens (including phenoxy) is 1. The molecule has 0 heterocycles. The third kappa shape index (κ3) is 3.01. The van der Waals surface area contributed by atoms with Gasteiger partial charge >= 0.3 is 5.69 Å². The number of halogens is 2. The highest BCUT2D eigenvalue weighted by Crippen LogP contribution is 2.38. The van der Waals surface area contributed by atoms with Crippen LogP contribution in [0.3, 0.4) is 0 Å². The van der Waals surface area contributed by atoms with Crippen LogP contribution in [-0.2, 0) is 6.54 Å². The first-order valence-corrected chi connectivity index (χ1v) is 6.37. The number of benzene rings is 2. The average Bonchev–Trinajstić information content (AvgIpc) is 2.40. The van der Waals surface area contributed by atoms with Crippen molar-refractivity contribution in [3.63, 3.8) is 0 Å². The fourth-order valence-electron chi connectivity index (χ4n) is 1.66. The largest absolute Gasteiger partial charge is 0.448 e. The first kappa shape index (κ1) is 14.6. The number of hydrogen-bond donors (Lipinski definition) is 1. The fourth-order valence-corrected chi connectivity index (χ4v) is 2.05. The molecule has 104 valence electrons. The first-order valence-electron chi connectivity index (χ1n) is 5.62. The van der Waals surface area contributed by atoms with Crippen molar-refractivity contribution in [2.45, 2.75) is 6.54 Å². The first-order chi connectivity index (χ1) is 9.52. The molecule has 0 fully saturated rings. The van der Waals surface area contributed by atoms with E-state index in [2.05, 4.69) is 0 Å². The Kier molecular flexibility index (Phi) is 4.44. The van der Waals surface area contributed by atoms with E-state index in [1.807, 2.05) is 0 Å². The van der Waals surface area contributed by atoms with E-state index in [9.17, 15) is 10.1 Å². The molecule has 0 saturated carbocycles. The zero-order chi connectivity index (χ0) is 14.7. The Morgan fingerprint density at radius 2 is 2.00 bits per heavy atom. The van der Waals surface area contributed by atoms with Crippen molar-refractivity contribution < 1.29 is 9.66 Å². The van der Waals surface area contributed by atoms with E-state index >= 15 is 0 Å². The van der Waals surface area contributed by atoms with Crippen LogP contribution in [0.15, 0.2) is 36.4 Å². The molecule has 2 rings (SSSR count). The molecule has 0 aliphatic rings. The fraction of sp³-hybridized carbons (Fsp3) is 0.0769. The van der Waals surface area contributed by atoms with Gasteiger partial charge in [0.15, 0.2) is 5.75 Å². The molecule has 0 atom stereocenters. The lowest BCUT2D eigenvalue weighted by molar-refractivity contribution is -0.385. The third-order valence-electron chi connectivity index (χ3n) is 2.60. The number of para-hydroxylation sites is 1. The number of nitro groups is 1. The minimum atomic E-state index is -0.551. The van der Waals surface area contributed by atoms with Crippen molar-refractivity contribution in [3.05, 3.63) is 62.1 Å². The van der Waals surface area contributed by atoms with Crippen LogP contribution in [0.25, 0.3) is 0 Å². The van der Waals surface area contributed by atoms with Crippen LogP contribution >= 0.6 is 23.2 Å². The van der Waals surface area contributed by atoms with Gasteiger partial charge in [-0.05, 0) is 12.1 Å². The van der Waals surface area contributed by atoms with Crippen LogP contribution in [0.1, 0.15) is 5.56 Å². The summed E-state index contributed by atoms with van der Waals surface area (Å²) in [4.78, 5) is 10.4. The van der Waals surface area contributed by atoms with Crippen molar-refractivity contribution in [3.8, 4) is 11.5 Å². The van der Waals surface area contributed by atoms with Crippen LogP contribution in [0.5, 0.6) is 11.5 Å². The Morgan fingerprint density at radius 1 is 1.25 bits per heavy atom. The predicted molar refractivity (Wildman–Crippen MR) is 77.5 cm³/mol. The highest BCUT2D eigenvalue weighted by molar-refractivity contribution is 6.32. The molecule has 2 aromatic carbocycles. The van der Waals surface area contributed by atoms with E-state index in [1.54, 1.807) is 18.2 Å². The van der Waals surface area contributed by atoms with Crippen LogP contribution in [-0.4, -0.2) is 4.92 Å². The van der Waals surface area contributed by atoms with Crippen molar-refractivity contribution in [2.75, 3.05) is 0 Å². The standard InChI is InChI=1S/C13H10Cl2N2O3/c14-9-4-5-11(17(18)19)12(6-9)20-13-8(7-16)2-1-3-10(13)15/h1-6H,7,16H2. The molecule has 0 aliphatic heterocycles. The summed E-state index contributed by atoms with van der Waals surface area (Å²) in [6.07, 6.45) is 0. The zero-order valence-corrected chi connectivity index (χ0v) is 11.7. The van der Waals surface area contributed by atoms with Crippen LogP contribution in [0, 0.1) is 10.1 Å². The summed E-state index contributed by atoms with van der Waals surface area (Å²) in [7, 11) is 0. The van der Waals surface area contributed by atoms with E-state index in [0.717, 1.165) is 0 Å². The lowest BCUT2D eigenvalue weighted by Crippen LogP contribution is -2.01. The normalized spacial score (nSPS) is 10.3. The summed E-state index contributed by atoms with van der Waals surface area (Å²) >= 11 is 11.9. The second-order valence-corrected chi connectivity index (χ2v) is 4.75. The molecule has 0 bridgehead atoms. The molecule has 0 spiro atoms. The van der Waals surface area contributed by atoms with E-state index in [1.165, 1.54) is 18.2 Å². The number of rotatable bonds is 4. The monoisotopic (exact) mass is 312 g/mol. The smallest absolute Gasteiger partial charge is 0.311 e. The summed E-state index contributed by atoms with van der Waals surface area (Å²) in [6.45, 7) is 0.199. The molecule has 0 saturated heterocycles. The van der Waals surface area contributed by atoms with Gasteiger partial charge in [0.05, 0.1) is 9.95 Å². The second-order valence-electron chi connectivity index (χ2n) is 3.90. The molecule has 0 aromatic heterocycles. The minimum absolute atomic E-state index is 0.0188. The van der Waals surface area contributed by atoms with Crippen molar-refractivity contribution in [1.29, 1.82) is 0 Å². The zero-order valence-electron chi connectivity index (χ0n) is 10.2. The summed E-state index contributed by atoms with van der Waals surface area (Å²) in [5.41, 5.74) is 6.05. The Morgan fingerprint density at radius 3 is 2.65 bits per heavy atom. The van der Waals surface area contributed by atoms with E-state index in [-0.39, 0.29) is 18.0 Å². The molecule has 0 aliphatic carbocycles. The van der Waals surface area contributed by atoms with Gasteiger partial charge in [-0.15, -0.1) is 0 Å². The minimum Gasteiger partial charge on any atom is -0.448 e. The van der Waals surface area contributed by atoms with Gasteiger partial charge in [-0.3, -0.25) is 10.1 Å². The maximum atomic E-state index is 11.0. The quantitative estimate of drug-likeness (QED) is 0.679. The Hall–Kier alpha value is -1.82. The maximum Gasteiger partial charge on any atom is 0.311 e. The molecule has 5 nitrogen and oxygen atoms in total. The van der Waals surface area contributed by atoms with Crippen LogP contribution in [0.4, 0.5) is 5.69 Å². The highest BCUT2D eigenvalue weighted by Gasteiger charge is 2.18. The van der Waals surface area contributed by atoms with Crippen LogP contribution < -0.4 is 10.5 Å². The maximum absolute atomic E-state index is 11.0. The predicted octanol–water partition coefficient (Wildman–Crippen LogP) is 4.15. The number of nitrogens with two attached hydrogens (primary N) is 1. The number of nitro benzene ring substituents is 1. The summed E-state index contributed by atoms with van der Waals surface area (Å²) in [5, 5.41) is 11.6. The number of nitrogens with zero attached hydrogens (tertiary/aromatic N) is 1. The van der Waals surface area contributed by atoms with Gasteiger partial charge in [0, 0.05) is 29.3 Å². The average molecular weight is 313 g/mol. The summed E-state index contributed by atoms with van der Waals surface area (Å²) in [6, 6.07) is 9.14. The second kappa shape index (κ2) is 6.09. The van der Waals surface area contributed by atoms with Gasteiger partial charge < -0.3 is 10.5 Å². The van der Waals surface area contributed by atoms with Gasteiger partial charge in [-0.2, -0.15) is 0 Å². The van der Waals surface area contributed by atoms with Gasteiger partial charge in [0.1, 0.15) is 0 Å². The lowest BCUT2D eigenvalue weighted by Gasteiger charge is -2.12. The highest BCUT2D eigenvalue weighted by atomic mass is 35.5. The van der Waals surface area contributed by atoms with E-state index < -0.39 is 4.92 Å². The number of hydrogen-bond acceptors (Lipinski definition) is 4. The molecule has 7 heteroatoms. The Balaban J connectivity index is 2.50. The third-order valence-corrected chi connectivity index (χ3v) is 3.13. The van der Waals surface area contributed by atoms with Gasteiger partial charge in [0.2, 0.25) is 5.75 Å². The van der Waals surface area contributed by atoms with E-state index in [4.69, 9.17) is 33.7 Å². The molecular formula is C13H10Cl2N2O3.